The van der Waals surface area contributed by atoms with Crippen LogP contribution in [-0.4, -0.2) is 0 Å². The molecule has 0 radical (unpaired) electrons. The fourth-order valence-corrected chi connectivity index (χ4v) is 0. The molecule has 0 nitrogen and oxygen atoms in total. The molecule has 0 aliphatic rings. The van der Waals surface area contributed by atoms with Crippen molar-refractivity contribution in [2.75, 3.05) is 0 Å². The topological polar surface area (TPSA) is 0 Å². The van der Waals surface area contributed by atoms with Gasteiger partial charge in [0.15, 0.2) is 0 Å². The Morgan fingerprint density at radius 2 is 1.25 bits per heavy atom. The van der Waals surface area contributed by atoms with Crippen molar-refractivity contribution in [2.45, 2.75) is 0 Å². The molecule has 0 saturated heterocycles. The van der Waals surface area contributed by atoms with Crippen LogP contribution >= 0.6 is 47.1 Å². The summed E-state index contributed by atoms with van der Waals surface area (Å²) in [4.78, 5) is 0. The summed E-state index contributed by atoms with van der Waals surface area (Å²) in [6, 6.07) is 0. The van der Waals surface area contributed by atoms with Crippen LogP contribution < -0.4 is 13.3 Å². The van der Waals surface area contributed by atoms with Gasteiger partial charge in [-0.3, -0.25) is 0 Å². The van der Waals surface area contributed by atoms with Crippen molar-refractivity contribution >= 4 is 47.1 Å². The molecule has 1 unspecified atom stereocenters. The van der Waals surface area contributed by atoms with Crippen molar-refractivity contribution in [3.05, 3.63) is 0 Å². The Balaban J connectivity index is 0. The van der Waals surface area contributed by atoms with Crippen LogP contribution in [0.1, 0.15) is 0 Å². The number of hydrogen-bond donors (Lipinski definition) is 0. The third kappa shape index (κ3) is 8.82. The Hall–Kier alpha value is 2.62. The maximum atomic E-state index is 2.39. The van der Waals surface area contributed by atoms with Gasteiger partial charge in [-0.1, -0.05) is 0 Å². The zero-order valence-electron chi connectivity index (χ0n) is 1.84. The van der Waals surface area contributed by atoms with Crippen LogP contribution in [0.3, 0.4) is 0 Å². The Morgan fingerprint density at radius 3 is 1.25 bits per heavy atom. The summed E-state index contributed by atoms with van der Waals surface area (Å²) in [7, 11) is 0. The first-order chi connectivity index (χ1) is 1.41. The SMILES string of the molecule is I[I-]I.P. The van der Waals surface area contributed by atoms with Crippen LogP contribution in [0.25, 0.3) is 0 Å². The molecule has 0 aliphatic carbocycles. The van der Waals surface area contributed by atoms with E-state index >= 15 is 0 Å². The van der Waals surface area contributed by atoms with E-state index in [4.69, 9.17) is 0 Å². The molecular weight excluding hydrogens is 412 g/mol. The van der Waals surface area contributed by atoms with Crippen LogP contribution in [0, 0.1) is 0 Å². The van der Waals surface area contributed by atoms with E-state index in [1.807, 2.05) is 0 Å². The molecule has 0 fully saturated rings. The summed E-state index contributed by atoms with van der Waals surface area (Å²) in [6.45, 7) is 0. The van der Waals surface area contributed by atoms with Crippen LogP contribution in [0.5, 0.6) is 0 Å². The van der Waals surface area contributed by atoms with Gasteiger partial charge < -0.3 is 0 Å². The number of rotatable bonds is 0. The molecule has 0 saturated carbocycles. The molecule has 0 rings (SSSR count). The second-order valence-corrected chi connectivity index (χ2v) is 16.3. The summed E-state index contributed by atoms with van der Waals surface area (Å²) in [5, 5.41) is 0. The van der Waals surface area contributed by atoms with E-state index in [0.717, 1.165) is 0 Å². The van der Waals surface area contributed by atoms with E-state index in [1.54, 1.807) is 0 Å². The van der Waals surface area contributed by atoms with Crippen LogP contribution in [0.15, 0.2) is 0 Å². The summed E-state index contributed by atoms with van der Waals surface area (Å²) < 4.78 is 0. The van der Waals surface area contributed by atoms with Gasteiger partial charge in [-0.25, -0.2) is 0 Å². The quantitative estimate of drug-likeness (QED) is 0.346. The van der Waals surface area contributed by atoms with Gasteiger partial charge in [0.05, 0.1) is 0 Å². The van der Waals surface area contributed by atoms with E-state index in [0.29, 0.717) is 13.3 Å². The summed E-state index contributed by atoms with van der Waals surface area (Å²) in [5.74, 6) is 0. The van der Waals surface area contributed by atoms with Gasteiger partial charge in [-0.05, 0) is 0 Å². The minimum absolute atomic E-state index is 0. The van der Waals surface area contributed by atoms with Crippen molar-refractivity contribution in [3.8, 4) is 0 Å². The zero-order valence-corrected chi connectivity index (χ0v) is 9.73. The van der Waals surface area contributed by atoms with Crippen molar-refractivity contribution in [1.29, 1.82) is 0 Å². The first kappa shape index (κ1) is 9.80. The first-order valence-electron chi connectivity index (χ1n) is 0.286. The standard InChI is InChI=1S/I3.H3P/c1-3-2;/h;1H3/q-1;. The van der Waals surface area contributed by atoms with E-state index < -0.39 is 0 Å². The predicted molar refractivity (Wildman–Crippen MR) is 39.1 cm³/mol. The molecule has 4 heavy (non-hydrogen) atoms. The first-order valence-corrected chi connectivity index (χ1v) is 12.9. The average Bonchev–Trinajstić information content (AvgIpc) is 0.918. The number of halogens is 3. The third-order valence-electron chi connectivity index (χ3n) is 0. The predicted octanol–water partition coefficient (Wildman–Crippen LogP) is -1.17. The summed E-state index contributed by atoms with van der Waals surface area (Å²) in [6.07, 6.45) is 0. The molecule has 0 aromatic rings. The molecule has 0 N–H and O–H groups in total. The molecule has 0 aromatic heterocycles. The van der Waals surface area contributed by atoms with Gasteiger partial charge >= 0.3 is 50.5 Å². The maximum Gasteiger partial charge on any atom is -0.153 e. The van der Waals surface area contributed by atoms with Crippen LogP contribution in [0.4, 0.5) is 0 Å². The maximum absolute atomic E-state index is 2.39. The molecule has 30 valence electrons. The van der Waals surface area contributed by atoms with Gasteiger partial charge in [0.25, 0.3) is 0 Å². The van der Waals surface area contributed by atoms with Crippen molar-refractivity contribution in [2.24, 2.45) is 0 Å². The molecule has 0 amide bonds. The number of hydrogen-bond acceptors (Lipinski definition) is 0. The molecular formula is H3I3P-. The minimum atomic E-state index is 0. The van der Waals surface area contributed by atoms with Gasteiger partial charge in [0, 0.05) is 0 Å². The van der Waals surface area contributed by atoms with Crippen LogP contribution in [-0.2, 0) is 0 Å². The van der Waals surface area contributed by atoms with Gasteiger partial charge in [-0.15, -0.1) is 0 Å². The fraction of sp³-hybridized carbons (Fsp3) is 0. The Bertz CT molecular complexity index is 3.25. The minimum Gasteiger partial charge on any atom is -0.153 e. The van der Waals surface area contributed by atoms with Crippen LogP contribution in [0.2, 0.25) is 0 Å². The average molecular weight is 415 g/mol. The second kappa shape index (κ2) is 9.15. The van der Waals surface area contributed by atoms with Crippen molar-refractivity contribution < 1.29 is 13.3 Å². The van der Waals surface area contributed by atoms with Gasteiger partial charge in [0.1, 0.15) is 0 Å². The van der Waals surface area contributed by atoms with E-state index in [-0.39, 0.29) is 9.90 Å². The monoisotopic (exact) mass is 415 g/mol. The molecule has 1 atom stereocenters. The van der Waals surface area contributed by atoms with E-state index in [9.17, 15) is 0 Å². The Kier molecular flexibility index (Phi) is 22.4. The van der Waals surface area contributed by atoms with Crippen molar-refractivity contribution in [1.82, 2.24) is 0 Å². The molecule has 0 aromatic carbocycles. The molecule has 0 heterocycles. The molecule has 0 bridgehead atoms. The van der Waals surface area contributed by atoms with E-state index in [1.165, 1.54) is 0 Å². The summed E-state index contributed by atoms with van der Waals surface area (Å²) in [5.41, 5.74) is 0. The van der Waals surface area contributed by atoms with Crippen molar-refractivity contribution in [3.63, 3.8) is 0 Å². The van der Waals surface area contributed by atoms with E-state index in [2.05, 4.69) is 37.2 Å². The van der Waals surface area contributed by atoms with Gasteiger partial charge in [0.2, 0.25) is 0 Å². The second-order valence-electron chi connectivity index (χ2n) is 0.0540. The fourth-order valence-electron chi connectivity index (χ4n) is 0. The summed E-state index contributed by atoms with van der Waals surface area (Å²) >= 11 is 5.30. The largest absolute Gasteiger partial charge is 0.153 e. The normalized spacial score (nSPS) is 5.50. The smallest absolute Gasteiger partial charge is 0.153 e. The zero-order chi connectivity index (χ0) is 2.71. The Labute approximate surface area is 59.1 Å². The molecule has 4 heteroatoms. The Morgan fingerprint density at radius 1 is 1.25 bits per heavy atom. The third-order valence-corrected chi connectivity index (χ3v) is 0. The molecule has 0 spiro atoms. The molecule has 0 aliphatic heterocycles. The van der Waals surface area contributed by atoms with Gasteiger partial charge in [-0.2, -0.15) is 9.90 Å².